The lowest BCUT2D eigenvalue weighted by atomic mass is 10.2. The first-order valence-electron chi connectivity index (χ1n) is 31.1. The first-order valence-corrected chi connectivity index (χ1v) is 31.1. The maximum atomic E-state index is 12.1. The number of carbonyl (C=O) groups excluding carboxylic acids is 1. The highest BCUT2D eigenvalue weighted by atomic mass is 16.6. The van der Waals surface area contributed by atoms with Crippen LogP contribution in [-0.2, 0) is 133 Å². The molecule has 2 N–H and O–H groups in total. The zero-order valence-electron chi connectivity index (χ0n) is 53.8. The third kappa shape index (κ3) is 79.9. The van der Waals surface area contributed by atoms with Crippen LogP contribution in [0.5, 0.6) is 0 Å². The molecule has 0 heterocycles. The summed E-state index contributed by atoms with van der Waals surface area (Å²) in [6.45, 7) is 22.7. The molecule has 31 heteroatoms. The molecule has 0 radical (unpaired) electrons. The number of alkyl carbamates (subject to hydrolysis) is 1. The summed E-state index contributed by atoms with van der Waals surface area (Å²) >= 11 is 0. The van der Waals surface area contributed by atoms with E-state index in [1.54, 1.807) is 14.2 Å². The predicted octanol–water partition coefficient (Wildman–Crippen LogP) is 0.495. The molecule has 0 aliphatic heterocycles. The molecular weight excluding hydrogens is 1190 g/mol. The normalized spacial score (nSPS) is 11.7. The Balaban J connectivity index is 3.61. The van der Waals surface area contributed by atoms with Crippen molar-refractivity contribution in [2.45, 2.75) is 6.42 Å². The van der Waals surface area contributed by atoms with E-state index in [1.807, 2.05) is 0 Å². The molecule has 0 aromatic heterocycles. The lowest BCUT2D eigenvalue weighted by Crippen LogP contribution is -2.31. The summed E-state index contributed by atoms with van der Waals surface area (Å²) in [6, 6.07) is 0. The molecule has 0 aromatic carbocycles. The van der Waals surface area contributed by atoms with Crippen molar-refractivity contribution in [1.82, 2.24) is 5.32 Å². The van der Waals surface area contributed by atoms with Gasteiger partial charge in [-0.15, -0.1) is 0 Å². The van der Waals surface area contributed by atoms with E-state index in [0.29, 0.717) is 317 Å². The molecule has 532 valence electrons. The quantitative estimate of drug-likeness (QED) is 0.0783. The fourth-order valence-corrected chi connectivity index (χ4v) is 6.28. The summed E-state index contributed by atoms with van der Waals surface area (Å²) in [4.78, 5) is 22.8. The topological polar surface area (TPSA) is 316 Å². The molecule has 0 bridgehead atoms. The minimum Gasteiger partial charge on any atom is -0.481 e. The standard InChI is InChI=1S/C58H115NO30/c1-63-5-7-65-9-11-67-13-15-69-17-19-71-21-23-73-25-27-75-29-31-77-33-35-79-37-39-81-41-43-83-45-47-85-49-51-87-53-56(55-89-58(62)59-4-3-57(60)61)54-88-52-50-86-48-46-84-44-42-82-40-38-80-36-34-78-32-30-76-28-26-74-24-22-72-20-18-70-16-14-68-12-10-66-8-6-64-2/h56H,3-55H2,1-2H3,(H,59,62)(H,60,61). The predicted molar refractivity (Wildman–Crippen MR) is 319 cm³/mol. The lowest BCUT2D eigenvalue weighted by molar-refractivity contribution is -0.136. The Morgan fingerprint density at radius 3 is 0.562 bits per heavy atom. The van der Waals surface area contributed by atoms with Crippen LogP contribution in [0.2, 0.25) is 0 Å². The maximum absolute atomic E-state index is 12.1. The Morgan fingerprint density at radius 1 is 0.247 bits per heavy atom. The van der Waals surface area contributed by atoms with Gasteiger partial charge in [-0.2, -0.15) is 0 Å². The fraction of sp³-hybridized carbons (Fsp3) is 0.966. The number of carboxylic acid groups (broad SMARTS) is 1. The van der Waals surface area contributed by atoms with Gasteiger partial charge in [0, 0.05) is 26.7 Å². The van der Waals surface area contributed by atoms with Gasteiger partial charge in [-0.3, -0.25) is 4.79 Å². The molecule has 0 aliphatic rings. The van der Waals surface area contributed by atoms with Crippen molar-refractivity contribution in [1.29, 1.82) is 0 Å². The number of methoxy groups -OCH3 is 2. The Hall–Kier alpha value is -2.30. The van der Waals surface area contributed by atoms with Crippen molar-refractivity contribution in [3.63, 3.8) is 0 Å². The van der Waals surface area contributed by atoms with E-state index in [1.165, 1.54) is 0 Å². The lowest BCUT2D eigenvalue weighted by Gasteiger charge is -2.18. The van der Waals surface area contributed by atoms with E-state index in [0.717, 1.165) is 0 Å². The summed E-state index contributed by atoms with van der Waals surface area (Å²) in [7, 11) is 3.28. The zero-order chi connectivity index (χ0) is 64.0. The van der Waals surface area contributed by atoms with Crippen LogP contribution in [0.3, 0.4) is 0 Å². The van der Waals surface area contributed by atoms with Gasteiger partial charge in [0.05, 0.1) is 337 Å². The minimum atomic E-state index is -1.03. The van der Waals surface area contributed by atoms with Crippen molar-refractivity contribution in [3.05, 3.63) is 0 Å². The summed E-state index contributed by atoms with van der Waals surface area (Å²) < 4.78 is 147. The molecule has 0 unspecified atom stereocenters. The highest BCUT2D eigenvalue weighted by Crippen LogP contribution is 2.02. The van der Waals surface area contributed by atoms with Crippen molar-refractivity contribution in [2.24, 2.45) is 5.92 Å². The third-order valence-corrected chi connectivity index (χ3v) is 10.8. The van der Waals surface area contributed by atoms with Crippen LogP contribution in [0.1, 0.15) is 6.42 Å². The number of rotatable bonds is 81. The summed E-state index contributed by atoms with van der Waals surface area (Å²) in [5.74, 6) is -1.32. The van der Waals surface area contributed by atoms with Gasteiger partial charge in [0.15, 0.2) is 0 Å². The number of ether oxygens (including phenoxy) is 27. The van der Waals surface area contributed by atoms with Gasteiger partial charge in [-0.25, -0.2) is 4.79 Å². The molecule has 31 nitrogen and oxygen atoms in total. The summed E-state index contributed by atoms with van der Waals surface area (Å²) in [5.41, 5.74) is 0. The van der Waals surface area contributed by atoms with Crippen LogP contribution in [-0.4, -0.2) is 375 Å². The third-order valence-electron chi connectivity index (χ3n) is 10.8. The van der Waals surface area contributed by atoms with Crippen molar-refractivity contribution in [2.75, 3.05) is 358 Å². The van der Waals surface area contributed by atoms with E-state index in [9.17, 15) is 9.59 Å². The molecule has 0 saturated heterocycles. The van der Waals surface area contributed by atoms with Crippen molar-refractivity contribution in [3.8, 4) is 0 Å². The highest BCUT2D eigenvalue weighted by Gasteiger charge is 2.14. The van der Waals surface area contributed by atoms with Crippen molar-refractivity contribution < 1.29 is 143 Å². The zero-order valence-corrected chi connectivity index (χ0v) is 53.8. The van der Waals surface area contributed by atoms with Crippen LogP contribution in [0.15, 0.2) is 0 Å². The Labute approximate surface area is 528 Å². The molecule has 0 saturated carbocycles. The van der Waals surface area contributed by atoms with Crippen LogP contribution in [0.25, 0.3) is 0 Å². The molecule has 0 spiro atoms. The van der Waals surface area contributed by atoms with Crippen molar-refractivity contribution >= 4 is 12.1 Å². The molecule has 1 amide bonds. The van der Waals surface area contributed by atoms with Gasteiger partial charge in [0.1, 0.15) is 6.61 Å². The van der Waals surface area contributed by atoms with Crippen LogP contribution in [0, 0.1) is 5.92 Å². The van der Waals surface area contributed by atoms with Gasteiger partial charge in [-0.05, 0) is 0 Å². The maximum Gasteiger partial charge on any atom is 0.407 e. The largest absolute Gasteiger partial charge is 0.481 e. The van der Waals surface area contributed by atoms with Gasteiger partial charge in [0.2, 0.25) is 0 Å². The number of hydrogen-bond acceptors (Lipinski definition) is 29. The second-order valence-corrected chi connectivity index (χ2v) is 18.1. The molecule has 0 aromatic rings. The van der Waals surface area contributed by atoms with Crippen LogP contribution < -0.4 is 5.32 Å². The highest BCUT2D eigenvalue weighted by molar-refractivity contribution is 5.70. The number of hydrogen-bond donors (Lipinski definition) is 2. The van der Waals surface area contributed by atoms with E-state index >= 15 is 0 Å². The van der Waals surface area contributed by atoms with E-state index < -0.39 is 12.1 Å². The number of amides is 1. The van der Waals surface area contributed by atoms with Gasteiger partial charge >= 0.3 is 12.1 Å². The van der Waals surface area contributed by atoms with Crippen LogP contribution >= 0.6 is 0 Å². The Bertz CT molecular complexity index is 1270. The summed E-state index contributed by atoms with van der Waals surface area (Å²) in [5, 5.41) is 11.2. The molecule has 0 aliphatic carbocycles. The number of carbonyl (C=O) groups is 2. The number of nitrogens with one attached hydrogen (secondary N) is 1. The first kappa shape index (κ1) is 86.7. The first-order chi connectivity index (χ1) is 44.1. The average Bonchev–Trinajstić information content (AvgIpc) is 3.54. The fourth-order valence-electron chi connectivity index (χ4n) is 6.28. The average molecular weight is 1310 g/mol. The molecule has 0 fully saturated rings. The second-order valence-electron chi connectivity index (χ2n) is 18.1. The van der Waals surface area contributed by atoms with E-state index in [4.69, 9.17) is 133 Å². The minimum absolute atomic E-state index is 0.00183. The van der Waals surface area contributed by atoms with E-state index in [-0.39, 0.29) is 38.7 Å². The monoisotopic (exact) mass is 1310 g/mol. The smallest absolute Gasteiger partial charge is 0.407 e. The number of aliphatic carboxylic acids is 1. The van der Waals surface area contributed by atoms with E-state index in [2.05, 4.69) is 5.32 Å². The molecule has 89 heavy (non-hydrogen) atoms. The molecule has 0 atom stereocenters. The number of carboxylic acids is 1. The molecular formula is C58H115NO30. The van der Waals surface area contributed by atoms with Crippen LogP contribution in [0.4, 0.5) is 4.79 Å². The van der Waals surface area contributed by atoms with Gasteiger partial charge in [0.25, 0.3) is 0 Å². The van der Waals surface area contributed by atoms with Gasteiger partial charge < -0.3 is 138 Å². The Morgan fingerprint density at radius 2 is 0.404 bits per heavy atom. The molecule has 0 rings (SSSR count). The second kappa shape index (κ2) is 79.9. The van der Waals surface area contributed by atoms with Gasteiger partial charge in [-0.1, -0.05) is 0 Å². The SMILES string of the molecule is COCCOCCOCCOCCOCCOCCOCCOCCOCCOCCOCCOCCOCC(COCCOCCOCCOCCOCCOCCOCCOCCOCCOCCOCCOCCOC)COC(=O)NCCC(=O)O. The summed E-state index contributed by atoms with van der Waals surface area (Å²) in [6.07, 6.45) is -0.942. The Kier molecular flexibility index (Phi) is 77.9.